The van der Waals surface area contributed by atoms with Gasteiger partial charge in [-0.1, -0.05) is 54.9 Å². The third kappa shape index (κ3) is 9.14. The summed E-state index contributed by atoms with van der Waals surface area (Å²) < 4.78 is 45.8. The highest BCUT2D eigenvalue weighted by molar-refractivity contribution is 6.34. The highest BCUT2D eigenvalue weighted by Gasteiger charge is 2.50. The molecule has 69 heavy (non-hydrogen) atoms. The number of nitrogens with one attached hydrogen (secondary N) is 2. The van der Waals surface area contributed by atoms with Gasteiger partial charge in [-0.3, -0.25) is 29.3 Å². The molecule has 0 spiro atoms. The molecule has 14 nitrogen and oxygen atoms in total. The number of anilines is 1. The average Bonchev–Trinajstić information content (AvgIpc) is 3.83. The van der Waals surface area contributed by atoms with Crippen molar-refractivity contribution in [3.63, 3.8) is 0 Å². The summed E-state index contributed by atoms with van der Waals surface area (Å²) in [6.45, 7) is 6.10. The fourth-order valence-corrected chi connectivity index (χ4v) is 11.4. The Kier molecular flexibility index (Phi) is 13.7. The van der Waals surface area contributed by atoms with Crippen molar-refractivity contribution in [2.24, 2.45) is 18.7 Å². The van der Waals surface area contributed by atoms with Crippen molar-refractivity contribution >= 4 is 52.1 Å². The van der Waals surface area contributed by atoms with Crippen molar-refractivity contribution in [1.82, 2.24) is 30.2 Å². The Morgan fingerprint density at radius 1 is 1.00 bits per heavy atom. The summed E-state index contributed by atoms with van der Waals surface area (Å²) in [5, 5.41) is 11.3. The molecule has 4 aromatic carbocycles. The molecule has 4 N–H and O–H groups in total. The van der Waals surface area contributed by atoms with Crippen LogP contribution in [0.1, 0.15) is 97.2 Å². The quantitative estimate of drug-likeness (QED) is 0.100. The zero-order chi connectivity index (χ0) is 48.7. The molecular formula is C52H59ClF2N8O6. The molecule has 2 atom stereocenters. The molecule has 2 saturated heterocycles. The van der Waals surface area contributed by atoms with Gasteiger partial charge in [0.05, 0.1) is 23.2 Å². The fraction of sp³-hybridized carbons (Fsp3) is 0.442. The molecule has 364 valence electrons. The average molecular weight is 966 g/mol. The van der Waals surface area contributed by atoms with Gasteiger partial charge in [-0.25, -0.2) is 13.6 Å². The Hall–Kier alpha value is -6.10. The number of nitrogens with two attached hydrogens (primary N) is 1. The van der Waals surface area contributed by atoms with Crippen LogP contribution in [0.2, 0.25) is 5.02 Å². The number of carbonyl (C=O) groups excluding carboxylic acids is 4. The molecule has 4 aliphatic rings. The Morgan fingerprint density at radius 3 is 2.43 bits per heavy atom. The number of piperidine rings is 1. The van der Waals surface area contributed by atoms with Gasteiger partial charge in [-0.15, -0.1) is 0 Å². The van der Waals surface area contributed by atoms with Crippen LogP contribution in [0, 0.1) is 17.6 Å². The van der Waals surface area contributed by atoms with Gasteiger partial charge in [0.2, 0.25) is 17.7 Å². The number of imide groups is 1. The predicted molar refractivity (Wildman–Crippen MR) is 260 cm³/mol. The van der Waals surface area contributed by atoms with Crippen LogP contribution in [-0.2, 0) is 22.2 Å². The van der Waals surface area contributed by atoms with Gasteiger partial charge in [0.25, 0.3) is 0 Å². The summed E-state index contributed by atoms with van der Waals surface area (Å²) in [5.41, 5.74) is 7.73. The first-order valence-electron chi connectivity index (χ1n) is 23.9. The van der Waals surface area contributed by atoms with E-state index in [0.29, 0.717) is 36.9 Å². The fourth-order valence-electron chi connectivity index (χ4n) is 11.1. The van der Waals surface area contributed by atoms with Crippen LogP contribution in [0.15, 0.2) is 66.7 Å². The molecule has 0 radical (unpaired) electrons. The monoisotopic (exact) mass is 964 g/mol. The number of aryl methyl sites for hydroxylation is 1. The molecule has 0 unspecified atom stereocenters. The molecule has 9 rings (SSSR count). The number of halogens is 3. The SMILES string of the molecule is COc1ccc(C(N)=O)c(-c2c(Cl)c(F)cc3c2[C@H](C)[C@@](CNC2CCC(C(=O)N(C)CCCN4CCC(c5ccc6c(N7CCC(=O)NC7=O)nn(C)c6c5)CC4)CC2)(c2ccccc2)O3)c1F. The van der Waals surface area contributed by atoms with E-state index in [-0.39, 0.29) is 63.4 Å². The number of hydrogen-bond acceptors (Lipinski definition) is 9. The smallest absolute Gasteiger partial charge is 0.329 e. The second-order valence-corrected chi connectivity index (χ2v) is 19.4. The second-order valence-electron chi connectivity index (χ2n) is 19.0. The number of hydrogen-bond donors (Lipinski definition) is 3. The van der Waals surface area contributed by atoms with Crippen molar-refractivity contribution in [3.8, 4) is 22.6 Å². The number of likely N-dealkylation sites (tertiary alicyclic amines) is 1. The number of rotatable bonds is 14. The predicted octanol–water partition coefficient (Wildman–Crippen LogP) is 7.99. The Bertz CT molecular complexity index is 2790. The molecule has 1 aromatic heterocycles. The molecule has 0 bridgehead atoms. The minimum absolute atomic E-state index is 0.00508. The Morgan fingerprint density at radius 2 is 1.74 bits per heavy atom. The first-order valence-corrected chi connectivity index (χ1v) is 24.3. The number of ether oxygens (including phenoxy) is 2. The first-order chi connectivity index (χ1) is 33.2. The minimum atomic E-state index is -1.07. The van der Waals surface area contributed by atoms with Gasteiger partial charge in [-0.2, -0.15) is 5.10 Å². The molecule has 5 amide bonds. The standard InChI is InChI=1S/C52H59ClF2N8O6/c1-30-43-41(28-38(54)46(53)45(43)44-37(48(56)65)17-18-40(68-4)47(44)55)69-52(30,34-9-6-5-7-10-34)29-57-35-14-11-32(12-15-35)50(66)60(2)22-8-23-62-24-19-31(20-25-62)33-13-16-36-39(27-33)61(3)59-49(36)63-26-21-42(64)58-51(63)67/h5-7,9-10,13,16-18,27-28,30-32,35,57H,8,11-12,14-15,19-26,29H2,1-4H3,(H2,56,65)(H,58,64,67)/t30-,32?,35?,52-/m0/s1. The third-order valence-corrected chi connectivity index (χ3v) is 15.4. The highest BCUT2D eigenvalue weighted by Crippen LogP contribution is 2.56. The number of primary amides is 1. The summed E-state index contributed by atoms with van der Waals surface area (Å²) in [4.78, 5) is 56.6. The lowest BCUT2D eigenvalue weighted by Gasteiger charge is -2.37. The largest absolute Gasteiger partial charge is 0.494 e. The molecule has 17 heteroatoms. The van der Waals surface area contributed by atoms with Crippen LogP contribution in [0.25, 0.3) is 22.0 Å². The van der Waals surface area contributed by atoms with Gasteiger partial charge in [0.1, 0.15) is 11.6 Å². The zero-order valence-corrected chi connectivity index (χ0v) is 40.2. The van der Waals surface area contributed by atoms with Crippen molar-refractivity contribution in [1.29, 1.82) is 0 Å². The zero-order valence-electron chi connectivity index (χ0n) is 39.5. The number of benzene rings is 4. The lowest BCUT2D eigenvalue weighted by atomic mass is 9.77. The van der Waals surface area contributed by atoms with E-state index in [2.05, 4.69) is 32.8 Å². The van der Waals surface area contributed by atoms with Crippen LogP contribution in [0.4, 0.5) is 19.4 Å². The molecule has 1 saturated carbocycles. The van der Waals surface area contributed by atoms with E-state index in [9.17, 15) is 19.2 Å². The van der Waals surface area contributed by atoms with Crippen molar-refractivity contribution in [2.45, 2.75) is 81.8 Å². The molecule has 3 aliphatic heterocycles. The van der Waals surface area contributed by atoms with Gasteiger partial charge >= 0.3 is 6.03 Å². The Balaban J connectivity index is 0.783. The van der Waals surface area contributed by atoms with Crippen LogP contribution in [0.5, 0.6) is 11.5 Å². The van der Waals surface area contributed by atoms with E-state index in [0.717, 1.165) is 81.0 Å². The number of nitrogens with zero attached hydrogens (tertiary/aromatic N) is 5. The normalized spacial score (nSPS) is 22.1. The summed E-state index contributed by atoms with van der Waals surface area (Å²) in [7, 11) is 5.08. The number of methoxy groups -OCH3 is 1. The topological polar surface area (TPSA) is 164 Å². The highest BCUT2D eigenvalue weighted by atomic mass is 35.5. The number of carbonyl (C=O) groups is 4. The van der Waals surface area contributed by atoms with E-state index in [1.54, 1.807) is 4.68 Å². The summed E-state index contributed by atoms with van der Waals surface area (Å²) >= 11 is 6.69. The van der Waals surface area contributed by atoms with Gasteiger partial charge < -0.3 is 30.3 Å². The Labute approximate surface area is 405 Å². The van der Waals surface area contributed by atoms with Gasteiger partial charge in [0.15, 0.2) is 23.0 Å². The van der Waals surface area contributed by atoms with Gasteiger partial charge in [-0.05, 0) is 106 Å². The molecular weight excluding hydrogens is 906 g/mol. The number of aromatic nitrogens is 2. The molecule has 3 fully saturated rings. The van der Waals surface area contributed by atoms with Crippen molar-refractivity contribution < 1.29 is 37.4 Å². The lowest BCUT2D eigenvalue weighted by molar-refractivity contribution is -0.135. The number of fused-ring (bicyclic) bond motifs is 2. The lowest BCUT2D eigenvalue weighted by Crippen LogP contribution is -2.49. The number of urea groups is 1. The van der Waals surface area contributed by atoms with E-state index < -0.39 is 35.1 Å². The van der Waals surface area contributed by atoms with Crippen LogP contribution in [0.3, 0.4) is 0 Å². The van der Waals surface area contributed by atoms with E-state index in [1.165, 1.54) is 35.8 Å². The van der Waals surface area contributed by atoms with Crippen LogP contribution >= 0.6 is 11.6 Å². The maximum atomic E-state index is 16.2. The van der Waals surface area contributed by atoms with Crippen molar-refractivity contribution in [2.75, 3.05) is 58.3 Å². The third-order valence-electron chi connectivity index (χ3n) is 15.0. The number of amides is 5. The molecule has 1 aliphatic carbocycles. The van der Waals surface area contributed by atoms with E-state index in [4.69, 9.17) is 26.8 Å². The van der Waals surface area contributed by atoms with Crippen LogP contribution in [-0.4, -0.2) is 103 Å². The van der Waals surface area contributed by atoms with E-state index >= 15 is 8.78 Å². The summed E-state index contributed by atoms with van der Waals surface area (Å²) in [5.74, 6) is -2.30. The molecule has 5 aromatic rings. The maximum absolute atomic E-state index is 16.2. The maximum Gasteiger partial charge on any atom is 0.329 e. The second kappa shape index (κ2) is 19.7. The summed E-state index contributed by atoms with van der Waals surface area (Å²) in [6.07, 6.45) is 6.21. The first kappa shape index (κ1) is 47.9. The van der Waals surface area contributed by atoms with Crippen LogP contribution < -0.4 is 30.7 Å². The molecule has 4 heterocycles. The minimum Gasteiger partial charge on any atom is -0.494 e. The summed E-state index contributed by atoms with van der Waals surface area (Å²) in [6, 6.07) is 19.5. The van der Waals surface area contributed by atoms with E-state index in [1.807, 2.05) is 62.3 Å². The van der Waals surface area contributed by atoms with Crippen molar-refractivity contribution in [3.05, 3.63) is 106 Å². The van der Waals surface area contributed by atoms with Gasteiger partial charge in [0, 0.05) is 86.2 Å².